The molecule has 19 heavy (non-hydrogen) atoms. The molecule has 0 aromatic heterocycles. The van der Waals surface area contributed by atoms with Crippen molar-refractivity contribution in [3.63, 3.8) is 0 Å². The Bertz CT molecular complexity index is 572. The van der Waals surface area contributed by atoms with Gasteiger partial charge in [0, 0.05) is 22.0 Å². The zero-order valence-corrected chi connectivity index (χ0v) is 12.3. The molecule has 0 atom stereocenters. The molecule has 0 aliphatic heterocycles. The molecule has 0 saturated carbocycles. The lowest BCUT2D eigenvalue weighted by Gasteiger charge is -2.19. The summed E-state index contributed by atoms with van der Waals surface area (Å²) in [5.74, 6) is 0. The predicted octanol–water partition coefficient (Wildman–Crippen LogP) is 4.47. The van der Waals surface area contributed by atoms with E-state index in [9.17, 15) is 0 Å². The van der Waals surface area contributed by atoms with E-state index in [1.165, 1.54) is 5.56 Å². The number of hydrogen-bond acceptors (Lipinski definition) is 2. The lowest BCUT2D eigenvalue weighted by Crippen LogP contribution is -2.10. The van der Waals surface area contributed by atoms with Crippen LogP contribution in [0.3, 0.4) is 0 Å². The maximum absolute atomic E-state index is 6.01. The smallest absolute Gasteiger partial charge is 0.0447 e. The second-order valence-electron chi connectivity index (χ2n) is 5.79. The van der Waals surface area contributed by atoms with Gasteiger partial charge in [-0.1, -0.05) is 56.6 Å². The van der Waals surface area contributed by atoms with Crippen molar-refractivity contribution in [2.75, 3.05) is 11.5 Å². The quantitative estimate of drug-likeness (QED) is 0.754. The molecular weight excluding hydrogens is 256 g/mol. The van der Waals surface area contributed by atoms with Gasteiger partial charge in [-0.25, -0.2) is 0 Å². The topological polar surface area (TPSA) is 52.0 Å². The van der Waals surface area contributed by atoms with Gasteiger partial charge in [-0.3, -0.25) is 0 Å². The third kappa shape index (κ3) is 2.85. The van der Waals surface area contributed by atoms with Crippen molar-refractivity contribution < 1.29 is 0 Å². The van der Waals surface area contributed by atoms with Crippen molar-refractivity contribution in [1.82, 2.24) is 0 Å². The van der Waals surface area contributed by atoms with E-state index in [0.29, 0.717) is 16.4 Å². The third-order valence-electron chi connectivity index (χ3n) is 3.20. The zero-order chi connectivity index (χ0) is 14.2. The Morgan fingerprint density at radius 2 is 1.37 bits per heavy atom. The first kappa shape index (κ1) is 13.8. The fourth-order valence-corrected chi connectivity index (χ4v) is 2.36. The van der Waals surface area contributed by atoms with Gasteiger partial charge < -0.3 is 11.5 Å². The van der Waals surface area contributed by atoms with Crippen LogP contribution in [0.25, 0.3) is 11.1 Å². The van der Waals surface area contributed by atoms with Crippen molar-refractivity contribution in [1.29, 1.82) is 0 Å². The van der Waals surface area contributed by atoms with Crippen LogP contribution in [0.5, 0.6) is 0 Å². The number of anilines is 2. The number of halogens is 1. The van der Waals surface area contributed by atoms with Crippen molar-refractivity contribution in [3.05, 3.63) is 47.0 Å². The summed E-state index contributed by atoms with van der Waals surface area (Å²) in [6, 6.07) is 11.8. The first-order valence-electron chi connectivity index (χ1n) is 6.24. The fraction of sp³-hybridized carbons (Fsp3) is 0.250. The molecular formula is C16H19ClN2. The Hall–Kier alpha value is -1.67. The average molecular weight is 275 g/mol. The highest BCUT2D eigenvalue weighted by atomic mass is 35.5. The molecule has 4 N–H and O–H groups in total. The highest BCUT2D eigenvalue weighted by molar-refractivity contribution is 6.31. The van der Waals surface area contributed by atoms with E-state index in [2.05, 4.69) is 45.0 Å². The molecule has 0 bridgehead atoms. The maximum Gasteiger partial charge on any atom is 0.0447 e. The molecule has 0 spiro atoms. The summed E-state index contributed by atoms with van der Waals surface area (Å²) in [6.45, 7) is 6.56. The molecule has 2 rings (SSSR count). The number of rotatable bonds is 1. The van der Waals surface area contributed by atoms with Gasteiger partial charge in [0.05, 0.1) is 0 Å². The minimum absolute atomic E-state index is 0.135. The summed E-state index contributed by atoms with van der Waals surface area (Å²) >= 11 is 5.93. The van der Waals surface area contributed by atoms with E-state index in [1.807, 2.05) is 0 Å². The van der Waals surface area contributed by atoms with Crippen LogP contribution >= 0.6 is 11.6 Å². The van der Waals surface area contributed by atoms with Gasteiger partial charge in [0.2, 0.25) is 0 Å². The van der Waals surface area contributed by atoms with Crippen LogP contribution in [0.15, 0.2) is 36.4 Å². The monoisotopic (exact) mass is 274 g/mol. The van der Waals surface area contributed by atoms with Gasteiger partial charge in [0.25, 0.3) is 0 Å². The van der Waals surface area contributed by atoms with Crippen LogP contribution in [0, 0.1) is 0 Å². The molecule has 0 fully saturated rings. The average Bonchev–Trinajstić information content (AvgIpc) is 2.27. The number of benzene rings is 2. The van der Waals surface area contributed by atoms with Crippen molar-refractivity contribution in [2.45, 2.75) is 26.2 Å². The van der Waals surface area contributed by atoms with E-state index in [0.717, 1.165) is 11.1 Å². The van der Waals surface area contributed by atoms with Gasteiger partial charge >= 0.3 is 0 Å². The largest absolute Gasteiger partial charge is 0.398 e. The molecule has 0 heterocycles. The summed E-state index contributed by atoms with van der Waals surface area (Å²) < 4.78 is 0. The number of hydrogen-bond donors (Lipinski definition) is 2. The SMILES string of the molecule is CC(C)(C)c1ccc(-c2c(N)cc(Cl)cc2N)cc1. The lowest BCUT2D eigenvalue weighted by atomic mass is 9.86. The number of nitrogens with two attached hydrogens (primary N) is 2. The first-order valence-corrected chi connectivity index (χ1v) is 6.62. The van der Waals surface area contributed by atoms with Gasteiger partial charge in [0.1, 0.15) is 0 Å². The van der Waals surface area contributed by atoms with Crippen LogP contribution in [0.4, 0.5) is 11.4 Å². The summed E-state index contributed by atoms with van der Waals surface area (Å²) in [6.07, 6.45) is 0. The molecule has 0 saturated heterocycles. The fourth-order valence-electron chi connectivity index (χ4n) is 2.12. The minimum atomic E-state index is 0.135. The third-order valence-corrected chi connectivity index (χ3v) is 3.42. The van der Waals surface area contributed by atoms with Crippen LogP contribution < -0.4 is 11.5 Å². The zero-order valence-electron chi connectivity index (χ0n) is 11.5. The minimum Gasteiger partial charge on any atom is -0.398 e. The van der Waals surface area contributed by atoms with E-state index in [1.54, 1.807) is 12.1 Å². The Morgan fingerprint density at radius 3 is 1.79 bits per heavy atom. The summed E-state index contributed by atoms with van der Waals surface area (Å²) in [5.41, 5.74) is 16.5. The maximum atomic E-state index is 6.01. The molecule has 2 nitrogen and oxygen atoms in total. The van der Waals surface area contributed by atoms with Crippen LogP contribution in [-0.4, -0.2) is 0 Å². The molecule has 2 aromatic carbocycles. The predicted molar refractivity (Wildman–Crippen MR) is 84.4 cm³/mol. The standard InChI is InChI=1S/C16H19ClN2/c1-16(2,3)11-6-4-10(5-7-11)15-13(18)8-12(17)9-14(15)19/h4-9H,18-19H2,1-3H3. The van der Waals surface area contributed by atoms with Gasteiger partial charge in [-0.2, -0.15) is 0 Å². The summed E-state index contributed by atoms with van der Waals surface area (Å²) in [7, 11) is 0. The van der Waals surface area contributed by atoms with E-state index >= 15 is 0 Å². The first-order chi connectivity index (χ1) is 8.79. The van der Waals surface area contributed by atoms with Crippen molar-refractivity contribution in [3.8, 4) is 11.1 Å². The molecule has 0 aliphatic rings. The lowest BCUT2D eigenvalue weighted by molar-refractivity contribution is 0.590. The van der Waals surface area contributed by atoms with Gasteiger partial charge in [0.15, 0.2) is 0 Å². The molecule has 100 valence electrons. The highest BCUT2D eigenvalue weighted by Gasteiger charge is 2.14. The Morgan fingerprint density at radius 1 is 0.895 bits per heavy atom. The van der Waals surface area contributed by atoms with E-state index in [4.69, 9.17) is 23.1 Å². The highest BCUT2D eigenvalue weighted by Crippen LogP contribution is 2.35. The van der Waals surface area contributed by atoms with E-state index < -0.39 is 0 Å². The molecule has 3 heteroatoms. The Balaban J connectivity index is 2.49. The van der Waals surface area contributed by atoms with Crippen molar-refractivity contribution >= 4 is 23.0 Å². The Labute approximate surface area is 119 Å². The van der Waals surface area contributed by atoms with Crippen molar-refractivity contribution in [2.24, 2.45) is 0 Å². The second-order valence-corrected chi connectivity index (χ2v) is 6.22. The molecule has 0 radical (unpaired) electrons. The number of nitrogen functional groups attached to an aromatic ring is 2. The van der Waals surface area contributed by atoms with Crippen LogP contribution in [-0.2, 0) is 5.41 Å². The normalized spacial score (nSPS) is 11.6. The Kier molecular flexibility index (Phi) is 3.46. The van der Waals surface area contributed by atoms with Gasteiger partial charge in [-0.05, 0) is 28.7 Å². The van der Waals surface area contributed by atoms with Gasteiger partial charge in [-0.15, -0.1) is 0 Å². The van der Waals surface area contributed by atoms with Crippen LogP contribution in [0.1, 0.15) is 26.3 Å². The van der Waals surface area contributed by atoms with E-state index in [-0.39, 0.29) is 5.41 Å². The second kappa shape index (κ2) is 4.78. The van der Waals surface area contributed by atoms with Crippen LogP contribution in [0.2, 0.25) is 5.02 Å². The summed E-state index contributed by atoms with van der Waals surface area (Å²) in [5, 5.41) is 0.560. The summed E-state index contributed by atoms with van der Waals surface area (Å²) in [4.78, 5) is 0. The molecule has 0 amide bonds. The molecule has 2 aromatic rings. The molecule has 0 aliphatic carbocycles. The molecule has 0 unspecified atom stereocenters.